The molecule has 4 rings (SSSR count). The van der Waals surface area contributed by atoms with Crippen molar-refractivity contribution in [2.45, 2.75) is 63.6 Å². The summed E-state index contributed by atoms with van der Waals surface area (Å²) < 4.78 is 19.8. The predicted molar refractivity (Wildman–Crippen MR) is 123 cm³/mol. The molecule has 2 aromatic rings. The summed E-state index contributed by atoms with van der Waals surface area (Å²) in [7, 11) is 1.74. The SMILES string of the molecule is COC[C@@H](C)NC1CCC(Nc2cc(-c3cncc(NCC4CC4)c3)c(F)cn2)CC1. The molecule has 2 fully saturated rings. The van der Waals surface area contributed by atoms with Gasteiger partial charge in [0.25, 0.3) is 0 Å². The molecule has 0 amide bonds. The van der Waals surface area contributed by atoms with E-state index in [1.54, 1.807) is 19.5 Å². The van der Waals surface area contributed by atoms with E-state index in [1.807, 2.05) is 12.1 Å². The minimum Gasteiger partial charge on any atom is -0.384 e. The fraction of sp³-hybridized carbons (Fsp3) is 0.583. The largest absolute Gasteiger partial charge is 0.384 e. The smallest absolute Gasteiger partial charge is 0.149 e. The van der Waals surface area contributed by atoms with Gasteiger partial charge in [0, 0.05) is 55.3 Å². The molecule has 7 heteroatoms. The van der Waals surface area contributed by atoms with Crippen LogP contribution >= 0.6 is 0 Å². The number of hydrogen-bond acceptors (Lipinski definition) is 6. The van der Waals surface area contributed by atoms with Gasteiger partial charge in [0.05, 0.1) is 18.5 Å². The van der Waals surface area contributed by atoms with Crippen LogP contribution in [0.5, 0.6) is 0 Å². The number of hydrogen-bond donors (Lipinski definition) is 3. The van der Waals surface area contributed by atoms with Crippen molar-refractivity contribution in [1.82, 2.24) is 15.3 Å². The van der Waals surface area contributed by atoms with Crippen LogP contribution < -0.4 is 16.0 Å². The normalized spacial score (nSPS) is 22.2. The van der Waals surface area contributed by atoms with Crippen LogP contribution in [-0.4, -0.2) is 48.4 Å². The van der Waals surface area contributed by atoms with Crippen LogP contribution in [0.25, 0.3) is 11.1 Å². The first-order valence-electron chi connectivity index (χ1n) is 11.5. The molecule has 2 aromatic heterocycles. The maximum absolute atomic E-state index is 14.6. The summed E-state index contributed by atoms with van der Waals surface area (Å²) in [5.74, 6) is 1.16. The molecule has 168 valence electrons. The second-order valence-electron chi connectivity index (χ2n) is 9.05. The van der Waals surface area contributed by atoms with Crippen molar-refractivity contribution in [3.63, 3.8) is 0 Å². The number of anilines is 2. The third kappa shape index (κ3) is 6.37. The Kier molecular flexibility index (Phi) is 7.35. The maximum atomic E-state index is 14.6. The lowest BCUT2D eigenvalue weighted by molar-refractivity contribution is 0.161. The van der Waals surface area contributed by atoms with Crippen molar-refractivity contribution in [2.24, 2.45) is 5.92 Å². The summed E-state index contributed by atoms with van der Waals surface area (Å²) in [5.41, 5.74) is 2.23. The molecule has 0 aliphatic heterocycles. The first kappa shape index (κ1) is 22.0. The lowest BCUT2D eigenvalue weighted by atomic mass is 9.90. The molecular formula is C24H34FN5O. The summed E-state index contributed by atoms with van der Waals surface area (Å²) in [5, 5.41) is 10.6. The maximum Gasteiger partial charge on any atom is 0.149 e. The zero-order valence-electron chi connectivity index (χ0n) is 18.5. The average molecular weight is 428 g/mol. The van der Waals surface area contributed by atoms with Gasteiger partial charge in [0.15, 0.2) is 0 Å². The number of nitrogens with zero attached hydrogens (tertiary/aromatic N) is 2. The van der Waals surface area contributed by atoms with Crippen LogP contribution in [-0.2, 0) is 4.74 Å². The van der Waals surface area contributed by atoms with E-state index in [0.29, 0.717) is 23.7 Å². The Morgan fingerprint density at radius 1 is 1.06 bits per heavy atom. The Bertz CT molecular complexity index is 852. The molecule has 2 aliphatic rings. The molecule has 0 unspecified atom stereocenters. The number of pyridine rings is 2. The highest BCUT2D eigenvalue weighted by molar-refractivity contribution is 5.69. The third-order valence-electron chi connectivity index (χ3n) is 6.21. The van der Waals surface area contributed by atoms with Gasteiger partial charge in [-0.2, -0.15) is 0 Å². The van der Waals surface area contributed by atoms with Crippen molar-refractivity contribution in [3.05, 3.63) is 36.5 Å². The molecule has 31 heavy (non-hydrogen) atoms. The molecule has 2 saturated carbocycles. The van der Waals surface area contributed by atoms with Gasteiger partial charge >= 0.3 is 0 Å². The van der Waals surface area contributed by atoms with Gasteiger partial charge in [-0.05, 0) is 63.5 Å². The number of methoxy groups -OCH3 is 1. The van der Waals surface area contributed by atoms with E-state index in [0.717, 1.165) is 61.8 Å². The Morgan fingerprint density at radius 2 is 1.84 bits per heavy atom. The lowest BCUT2D eigenvalue weighted by Gasteiger charge is -2.31. The summed E-state index contributed by atoms with van der Waals surface area (Å²) in [6, 6.07) is 5.02. The highest BCUT2D eigenvalue weighted by Gasteiger charge is 2.23. The van der Waals surface area contributed by atoms with Crippen molar-refractivity contribution in [2.75, 3.05) is 30.9 Å². The van der Waals surface area contributed by atoms with Gasteiger partial charge in [-0.15, -0.1) is 0 Å². The topological polar surface area (TPSA) is 71.1 Å². The quantitative estimate of drug-likeness (QED) is 0.520. The Balaban J connectivity index is 1.35. The second-order valence-corrected chi connectivity index (χ2v) is 9.05. The van der Waals surface area contributed by atoms with E-state index in [4.69, 9.17) is 4.74 Å². The molecule has 3 N–H and O–H groups in total. The van der Waals surface area contributed by atoms with Gasteiger partial charge in [0.1, 0.15) is 11.6 Å². The minimum atomic E-state index is -0.327. The van der Waals surface area contributed by atoms with Gasteiger partial charge in [-0.1, -0.05) is 0 Å². The summed E-state index contributed by atoms with van der Waals surface area (Å²) in [6.07, 6.45) is 11.7. The van der Waals surface area contributed by atoms with E-state index in [2.05, 4.69) is 32.8 Å². The summed E-state index contributed by atoms with van der Waals surface area (Å²) >= 11 is 0. The fourth-order valence-electron chi connectivity index (χ4n) is 4.32. The number of ether oxygens (including phenoxy) is 1. The van der Waals surface area contributed by atoms with Crippen LogP contribution in [0.3, 0.4) is 0 Å². The molecule has 0 bridgehead atoms. The zero-order valence-corrected chi connectivity index (χ0v) is 18.5. The first-order valence-corrected chi connectivity index (χ1v) is 11.5. The van der Waals surface area contributed by atoms with Crippen LogP contribution in [0.15, 0.2) is 30.7 Å². The Labute approximate surface area is 184 Å². The molecule has 0 radical (unpaired) electrons. The van der Waals surface area contributed by atoms with E-state index in [-0.39, 0.29) is 5.82 Å². The molecule has 0 saturated heterocycles. The average Bonchev–Trinajstić information content (AvgIpc) is 3.60. The standard InChI is InChI=1S/C24H34FN5O/c1-16(15-31-2)29-19-5-7-20(8-6-19)30-24-10-22(23(25)14-28-24)18-9-21(13-26-12-18)27-11-17-3-4-17/h9-10,12-14,16-17,19-20,27,29H,3-8,11,15H2,1-2H3,(H,28,30)/t16-,19?,20?/m1/s1. The third-order valence-corrected chi connectivity index (χ3v) is 6.21. The zero-order chi connectivity index (χ0) is 21.6. The summed E-state index contributed by atoms with van der Waals surface area (Å²) in [4.78, 5) is 8.59. The van der Waals surface area contributed by atoms with Crippen LogP contribution in [0.4, 0.5) is 15.9 Å². The van der Waals surface area contributed by atoms with Crippen LogP contribution in [0.1, 0.15) is 45.4 Å². The summed E-state index contributed by atoms with van der Waals surface area (Å²) in [6.45, 7) is 3.84. The number of rotatable bonds is 10. The predicted octanol–water partition coefficient (Wildman–Crippen LogP) is 4.45. The number of aromatic nitrogens is 2. The van der Waals surface area contributed by atoms with Crippen LogP contribution in [0, 0.1) is 11.7 Å². The van der Waals surface area contributed by atoms with Crippen molar-refractivity contribution < 1.29 is 9.13 Å². The Hall–Kier alpha value is -2.25. The van der Waals surface area contributed by atoms with Crippen molar-refractivity contribution in [3.8, 4) is 11.1 Å². The molecule has 1 atom stereocenters. The van der Waals surface area contributed by atoms with Gasteiger partial charge < -0.3 is 20.7 Å². The lowest BCUT2D eigenvalue weighted by Crippen LogP contribution is -2.42. The van der Waals surface area contributed by atoms with Crippen molar-refractivity contribution in [1.29, 1.82) is 0 Å². The van der Waals surface area contributed by atoms with Gasteiger partial charge in [0.2, 0.25) is 0 Å². The van der Waals surface area contributed by atoms with E-state index in [1.165, 1.54) is 19.0 Å². The Morgan fingerprint density at radius 3 is 2.58 bits per heavy atom. The monoisotopic (exact) mass is 427 g/mol. The van der Waals surface area contributed by atoms with E-state index >= 15 is 0 Å². The molecule has 2 heterocycles. The van der Waals surface area contributed by atoms with Crippen LogP contribution in [0.2, 0.25) is 0 Å². The van der Waals surface area contributed by atoms with Gasteiger partial charge in [-0.3, -0.25) is 4.98 Å². The van der Waals surface area contributed by atoms with Gasteiger partial charge in [-0.25, -0.2) is 9.37 Å². The second kappa shape index (κ2) is 10.4. The number of nitrogens with one attached hydrogen (secondary N) is 3. The molecule has 2 aliphatic carbocycles. The molecule has 6 nitrogen and oxygen atoms in total. The first-order chi connectivity index (χ1) is 15.1. The van der Waals surface area contributed by atoms with Crippen molar-refractivity contribution >= 4 is 11.5 Å². The van der Waals surface area contributed by atoms with E-state index in [9.17, 15) is 4.39 Å². The fourth-order valence-corrected chi connectivity index (χ4v) is 4.32. The molecule has 0 spiro atoms. The minimum absolute atomic E-state index is 0.327. The van der Waals surface area contributed by atoms with E-state index < -0.39 is 0 Å². The molecular weight excluding hydrogens is 393 g/mol. The number of halogens is 1. The highest BCUT2D eigenvalue weighted by atomic mass is 19.1. The molecule has 0 aromatic carbocycles. The highest BCUT2D eigenvalue weighted by Crippen LogP contribution is 2.30.